The molecule has 0 aromatic heterocycles. The maximum absolute atomic E-state index is 12.4. The number of anilines is 2. The summed E-state index contributed by atoms with van der Waals surface area (Å²) < 4.78 is 10.3. The van der Waals surface area contributed by atoms with Gasteiger partial charge < -0.3 is 19.7 Å². The first-order valence-corrected chi connectivity index (χ1v) is 9.26. The molecule has 1 aliphatic rings. The van der Waals surface area contributed by atoms with Gasteiger partial charge in [-0.2, -0.15) is 0 Å². The van der Waals surface area contributed by atoms with Gasteiger partial charge in [-0.05, 0) is 48.6 Å². The van der Waals surface area contributed by atoms with E-state index in [1.165, 1.54) is 19.2 Å². The Balaban J connectivity index is 1.61. The Kier molecular flexibility index (Phi) is 6.57. The summed E-state index contributed by atoms with van der Waals surface area (Å²) in [7, 11) is 1.32. The van der Waals surface area contributed by atoms with E-state index in [-0.39, 0.29) is 22.1 Å². The lowest BCUT2D eigenvalue weighted by Gasteiger charge is -2.28. The Morgan fingerprint density at radius 3 is 2.52 bits per heavy atom. The van der Waals surface area contributed by atoms with Crippen LogP contribution in [-0.2, 0) is 4.74 Å². The second kappa shape index (κ2) is 9.30. The van der Waals surface area contributed by atoms with Crippen LogP contribution in [0.3, 0.4) is 0 Å². The highest BCUT2D eigenvalue weighted by atomic mass is 32.1. The molecule has 0 aliphatic carbocycles. The summed E-state index contributed by atoms with van der Waals surface area (Å²) in [5.74, 6) is -0.481. The lowest BCUT2D eigenvalue weighted by molar-refractivity contribution is -0.385. The fourth-order valence-electron chi connectivity index (χ4n) is 2.89. The number of nitrogens with zero attached hydrogens (tertiary/aromatic N) is 2. The first-order valence-electron chi connectivity index (χ1n) is 8.85. The van der Waals surface area contributed by atoms with Crippen LogP contribution in [0.25, 0.3) is 0 Å². The van der Waals surface area contributed by atoms with Crippen molar-refractivity contribution >= 4 is 40.3 Å². The van der Waals surface area contributed by atoms with E-state index in [1.807, 2.05) is 24.3 Å². The number of thiocarbonyl (C=S) groups is 1. The predicted molar refractivity (Wildman–Crippen MR) is 113 cm³/mol. The summed E-state index contributed by atoms with van der Waals surface area (Å²) >= 11 is 5.17. The Morgan fingerprint density at radius 1 is 1.21 bits per heavy atom. The van der Waals surface area contributed by atoms with Crippen LogP contribution in [-0.4, -0.2) is 49.4 Å². The fraction of sp³-hybridized carbons (Fsp3) is 0.263. The van der Waals surface area contributed by atoms with Crippen LogP contribution in [0.2, 0.25) is 0 Å². The number of hydrogen-bond acceptors (Lipinski definition) is 7. The molecule has 0 saturated carbocycles. The minimum Gasteiger partial charge on any atom is -0.490 e. The molecule has 10 heteroatoms. The summed E-state index contributed by atoms with van der Waals surface area (Å²) in [5, 5.41) is 16.6. The second-order valence-electron chi connectivity index (χ2n) is 6.20. The highest BCUT2D eigenvalue weighted by Crippen LogP contribution is 2.27. The summed E-state index contributed by atoms with van der Waals surface area (Å²) in [4.78, 5) is 25.1. The molecule has 1 fully saturated rings. The van der Waals surface area contributed by atoms with Crippen LogP contribution < -0.4 is 20.3 Å². The molecule has 0 atom stereocenters. The molecule has 29 heavy (non-hydrogen) atoms. The fourth-order valence-corrected chi connectivity index (χ4v) is 3.10. The van der Waals surface area contributed by atoms with E-state index >= 15 is 0 Å². The van der Waals surface area contributed by atoms with Gasteiger partial charge in [0.2, 0.25) is 0 Å². The van der Waals surface area contributed by atoms with Crippen molar-refractivity contribution in [3.63, 3.8) is 0 Å². The number of nitro benzene ring substituents is 1. The molecule has 0 radical (unpaired) electrons. The average molecular weight is 416 g/mol. The lowest BCUT2D eigenvalue weighted by Crippen LogP contribution is -2.36. The third kappa shape index (κ3) is 5.18. The minimum absolute atomic E-state index is 0.0765. The Hall–Kier alpha value is -3.24. The van der Waals surface area contributed by atoms with Crippen molar-refractivity contribution in [2.24, 2.45) is 0 Å². The molecule has 3 rings (SSSR count). The maximum atomic E-state index is 12.4. The smallest absolute Gasteiger partial charge is 0.311 e. The molecule has 1 aliphatic heterocycles. The number of benzene rings is 2. The van der Waals surface area contributed by atoms with Crippen LogP contribution in [0.1, 0.15) is 10.4 Å². The van der Waals surface area contributed by atoms with E-state index in [0.29, 0.717) is 18.9 Å². The first-order chi connectivity index (χ1) is 14.0. The topological polar surface area (TPSA) is 106 Å². The molecule has 152 valence electrons. The van der Waals surface area contributed by atoms with Gasteiger partial charge in [-0.3, -0.25) is 20.2 Å². The Bertz CT molecular complexity index is 913. The lowest BCUT2D eigenvalue weighted by atomic mass is 10.1. The van der Waals surface area contributed by atoms with Gasteiger partial charge in [0.15, 0.2) is 10.9 Å². The number of carbonyl (C=O) groups is 1. The van der Waals surface area contributed by atoms with Crippen LogP contribution in [0.4, 0.5) is 17.1 Å². The molecule has 1 heterocycles. The van der Waals surface area contributed by atoms with Crippen molar-refractivity contribution in [1.82, 2.24) is 5.32 Å². The molecule has 2 aromatic rings. The van der Waals surface area contributed by atoms with E-state index in [9.17, 15) is 14.9 Å². The summed E-state index contributed by atoms with van der Waals surface area (Å²) in [6.45, 7) is 3.10. The number of hydrogen-bond donors (Lipinski definition) is 2. The van der Waals surface area contributed by atoms with Crippen LogP contribution in [0.15, 0.2) is 42.5 Å². The van der Waals surface area contributed by atoms with E-state index in [2.05, 4.69) is 15.5 Å². The molecule has 9 nitrogen and oxygen atoms in total. The molecule has 1 amide bonds. The van der Waals surface area contributed by atoms with Gasteiger partial charge in [0.25, 0.3) is 5.91 Å². The van der Waals surface area contributed by atoms with Crippen LogP contribution in [0, 0.1) is 10.1 Å². The van der Waals surface area contributed by atoms with Crippen LogP contribution >= 0.6 is 12.2 Å². The monoisotopic (exact) mass is 416 g/mol. The van der Waals surface area contributed by atoms with E-state index in [1.54, 1.807) is 0 Å². The number of nitro groups is 1. The average Bonchev–Trinajstić information content (AvgIpc) is 2.74. The number of morpholine rings is 1. The molecule has 1 saturated heterocycles. The number of methoxy groups -OCH3 is 1. The number of rotatable bonds is 5. The largest absolute Gasteiger partial charge is 0.490 e. The number of carbonyl (C=O) groups excluding carboxylic acids is 1. The quantitative estimate of drug-likeness (QED) is 0.435. The van der Waals surface area contributed by atoms with Crippen molar-refractivity contribution in [2.75, 3.05) is 43.6 Å². The Labute approximate surface area is 172 Å². The van der Waals surface area contributed by atoms with Crippen molar-refractivity contribution in [1.29, 1.82) is 0 Å². The van der Waals surface area contributed by atoms with Crippen molar-refractivity contribution in [3.05, 3.63) is 58.1 Å². The molecular formula is C19H20N4O5S. The molecule has 0 bridgehead atoms. The third-order valence-electron chi connectivity index (χ3n) is 4.37. The number of amides is 1. The van der Waals surface area contributed by atoms with Gasteiger partial charge >= 0.3 is 5.69 Å². The second-order valence-corrected chi connectivity index (χ2v) is 6.61. The van der Waals surface area contributed by atoms with E-state index in [0.717, 1.165) is 24.8 Å². The number of ether oxygens (including phenoxy) is 2. The van der Waals surface area contributed by atoms with Gasteiger partial charge in [-0.1, -0.05) is 0 Å². The molecule has 0 spiro atoms. The van der Waals surface area contributed by atoms with Crippen molar-refractivity contribution in [3.8, 4) is 5.75 Å². The third-order valence-corrected chi connectivity index (χ3v) is 4.57. The van der Waals surface area contributed by atoms with Gasteiger partial charge in [0, 0.05) is 36.1 Å². The number of nitrogens with one attached hydrogen (secondary N) is 2. The molecule has 2 N–H and O–H groups in total. The zero-order valence-corrected chi connectivity index (χ0v) is 16.5. The van der Waals surface area contributed by atoms with Crippen molar-refractivity contribution in [2.45, 2.75) is 0 Å². The SMILES string of the molecule is COc1ccc(C(=O)NC(=S)Nc2ccc(N3CCOCC3)cc2)cc1[N+](=O)[O-]. The molecule has 2 aromatic carbocycles. The zero-order chi connectivity index (χ0) is 20.8. The van der Waals surface area contributed by atoms with E-state index in [4.69, 9.17) is 21.7 Å². The van der Waals surface area contributed by atoms with Gasteiger partial charge in [-0.25, -0.2) is 0 Å². The van der Waals surface area contributed by atoms with Crippen LogP contribution in [0.5, 0.6) is 5.75 Å². The summed E-state index contributed by atoms with van der Waals surface area (Å²) in [6.07, 6.45) is 0. The minimum atomic E-state index is -0.609. The first kappa shape index (κ1) is 20.5. The highest BCUT2D eigenvalue weighted by Gasteiger charge is 2.19. The van der Waals surface area contributed by atoms with E-state index < -0.39 is 10.8 Å². The summed E-state index contributed by atoms with van der Waals surface area (Å²) in [5.41, 5.74) is 1.61. The van der Waals surface area contributed by atoms with Crippen molar-refractivity contribution < 1.29 is 19.2 Å². The predicted octanol–water partition coefficient (Wildman–Crippen LogP) is 2.57. The molecule has 0 unspecified atom stereocenters. The maximum Gasteiger partial charge on any atom is 0.311 e. The standard InChI is InChI=1S/C19H20N4O5S/c1-27-17-7-2-13(12-16(17)23(25)26)18(24)21-19(29)20-14-3-5-15(6-4-14)22-8-10-28-11-9-22/h2-7,12H,8-11H2,1H3,(H2,20,21,24,29). The highest BCUT2D eigenvalue weighted by molar-refractivity contribution is 7.80. The van der Waals surface area contributed by atoms with Gasteiger partial charge in [-0.15, -0.1) is 0 Å². The zero-order valence-electron chi connectivity index (χ0n) is 15.7. The summed E-state index contributed by atoms with van der Waals surface area (Å²) in [6, 6.07) is 11.6. The molecular weight excluding hydrogens is 396 g/mol. The normalized spacial score (nSPS) is 13.5. The van der Waals surface area contributed by atoms with Gasteiger partial charge in [0.1, 0.15) is 0 Å². The Morgan fingerprint density at radius 2 is 1.90 bits per heavy atom. The van der Waals surface area contributed by atoms with Gasteiger partial charge in [0.05, 0.1) is 25.2 Å².